The number of anilines is 1. The van der Waals surface area contributed by atoms with Gasteiger partial charge in [-0.25, -0.2) is 4.98 Å². The maximum atomic E-state index is 12.8. The highest BCUT2D eigenvalue weighted by Crippen LogP contribution is 2.31. The normalized spacial score (nSPS) is 14.7. The number of benzene rings is 2. The van der Waals surface area contributed by atoms with Crippen molar-refractivity contribution in [1.29, 1.82) is 0 Å². The molecule has 2 aromatic carbocycles. The zero-order chi connectivity index (χ0) is 22.1. The van der Waals surface area contributed by atoms with Crippen molar-refractivity contribution in [2.75, 3.05) is 5.32 Å². The summed E-state index contributed by atoms with van der Waals surface area (Å²) in [7, 11) is 0. The van der Waals surface area contributed by atoms with Gasteiger partial charge in [0.2, 0.25) is 5.91 Å². The number of aryl methyl sites for hydroxylation is 2. The Hall–Kier alpha value is -2.71. The van der Waals surface area contributed by atoms with E-state index >= 15 is 0 Å². The van der Waals surface area contributed by atoms with E-state index in [1.54, 1.807) is 11.3 Å². The molecule has 1 amide bonds. The zero-order valence-electron chi connectivity index (χ0n) is 18.2. The summed E-state index contributed by atoms with van der Waals surface area (Å²) in [5.41, 5.74) is 4.09. The van der Waals surface area contributed by atoms with E-state index in [9.17, 15) is 4.79 Å². The van der Waals surface area contributed by atoms with Gasteiger partial charge in [-0.3, -0.25) is 4.79 Å². The zero-order valence-corrected chi connectivity index (χ0v) is 19.8. The number of rotatable bonds is 5. The predicted molar refractivity (Wildman–Crippen MR) is 131 cm³/mol. The van der Waals surface area contributed by atoms with E-state index in [1.165, 1.54) is 28.4 Å². The van der Waals surface area contributed by atoms with Gasteiger partial charge >= 0.3 is 0 Å². The number of thiazole rings is 1. The van der Waals surface area contributed by atoms with Crippen molar-refractivity contribution in [3.05, 3.63) is 53.9 Å². The number of aromatic nitrogens is 4. The van der Waals surface area contributed by atoms with E-state index in [0.29, 0.717) is 0 Å². The largest absolute Gasteiger partial charge is 0.325 e. The van der Waals surface area contributed by atoms with Crippen LogP contribution in [0.15, 0.2) is 47.6 Å². The molecule has 3 heterocycles. The van der Waals surface area contributed by atoms with Crippen molar-refractivity contribution >= 4 is 44.9 Å². The molecule has 4 aromatic rings. The van der Waals surface area contributed by atoms with Crippen LogP contribution >= 0.6 is 23.1 Å². The van der Waals surface area contributed by atoms with Crippen LogP contribution in [0.5, 0.6) is 0 Å². The summed E-state index contributed by atoms with van der Waals surface area (Å²) in [6.07, 6.45) is 4.48. The molecule has 1 N–H and O–H groups in total. The minimum atomic E-state index is -0.265. The molecule has 2 aromatic heterocycles. The van der Waals surface area contributed by atoms with Crippen molar-refractivity contribution < 1.29 is 4.79 Å². The smallest absolute Gasteiger partial charge is 0.237 e. The summed E-state index contributed by atoms with van der Waals surface area (Å²) in [5.74, 6) is 1.00. The van der Waals surface area contributed by atoms with Crippen molar-refractivity contribution in [3.63, 3.8) is 0 Å². The van der Waals surface area contributed by atoms with Crippen LogP contribution in [-0.4, -0.2) is 30.9 Å². The summed E-state index contributed by atoms with van der Waals surface area (Å²) >= 11 is 3.16. The van der Waals surface area contributed by atoms with Crippen molar-refractivity contribution in [2.45, 2.75) is 56.5 Å². The first-order valence-corrected chi connectivity index (χ1v) is 12.6. The molecule has 1 unspecified atom stereocenters. The number of fused-ring (bicyclic) bond motifs is 2. The Kier molecular flexibility index (Phi) is 5.97. The number of hydrogen-bond donors (Lipinski definition) is 1. The molecule has 0 spiro atoms. The van der Waals surface area contributed by atoms with Gasteiger partial charge in [0.05, 0.1) is 15.5 Å². The lowest BCUT2D eigenvalue weighted by Crippen LogP contribution is -2.23. The number of carbonyl (C=O) groups is 1. The SMILES string of the molecule is Cc1ccc2nc(-c3ccc(NC(=O)C(C)Sc4nnc5n4CCCCC5)cc3)sc2c1. The summed E-state index contributed by atoms with van der Waals surface area (Å²) in [6, 6.07) is 14.2. The summed E-state index contributed by atoms with van der Waals surface area (Å²) < 4.78 is 3.37. The highest BCUT2D eigenvalue weighted by atomic mass is 32.2. The molecule has 0 saturated heterocycles. The molecule has 1 aliphatic rings. The van der Waals surface area contributed by atoms with Crippen LogP contribution in [0.3, 0.4) is 0 Å². The lowest BCUT2D eigenvalue weighted by molar-refractivity contribution is -0.115. The van der Waals surface area contributed by atoms with Crippen LogP contribution in [-0.2, 0) is 17.8 Å². The highest BCUT2D eigenvalue weighted by Gasteiger charge is 2.21. The Morgan fingerprint density at radius 1 is 1.12 bits per heavy atom. The van der Waals surface area contributed by atoms with Crippen molar-refractivity contribution in [2.24, 2.45) is 0 Å². The topological polar surface area (TPSA) is 72.7 Å². The van der Waals surface area contributed by atoms with Crippen LogP contribution in [0, 0.1) is 6.92 Å². The molecule has 164 valence electrons. The van der Waals surface area contributed by atoms with E-state index in [1.807, 2.05) is 31.2 Å². The molecule has 1 aliphatic heterocycles. The Morgan fingerprint density at radius 2 is 1.97 bits per heavy atom. The fourth-order valence-electron chi connectivity index (χ4n) is 3.85. The standard InChI is InChI=1S/C24H25N5OS2/c1-15-7-12-19-20(14-15)32-23(26-19)17-8-10-18(11-9-17)25-22(30)16(2)31-24-28-27-21-6-4-3-5-13-29(21)24/h7-12,14,16H,3-6,13H2,1-2H3,(H,25,30). The second kappa shape index (κ2) is 9.03. The average Bonchev–Trinajstić information content (AvgIpc) is 3.29. The molecule has 0 fully saturated rings. The second-order valence-corrected chi connectivity index (χ2v) is 10.5. The fourth-order valence-corrected chi connectivity index (χ4v) is 5.82. The molecule has 0 aliphatic carbocycles. The molecular weight excluding hydrogens is 438 g/mol. The van der Waals surface area contributed by atoms with Gasteiger partial charge < -0.3 is 9.88 Å². The van der Waals surface area contributed by atoms with Gasteiger partial charge in [-0.15, -0.1) is 21.5 Å². The molecule has 6 nitrogen and oxygen atoms in total. The predicted octanol–water partition coefficient (Wildman–Crippen LogP) is 5.71. The number of nitrogens with zero attached hydrogens (tertiary/aromatic N) is 4. The van der Waals surface area contributed by atoms with Crippen LogP contribution in [0.1, 0.15) is 37.6 Å². The lowest BCUT2D eigenvalue weighted by Gasteiger charge is -2.13. The van der Waals surface area contributed by atoms with Gasteiger partial charge in [-0.2, -0.15) is 0 Å². The third kappa shape index (κ3) is 4.42. The second-order valence-electron chi connectivity index (χ2n) is 8.18. The average molecular weight is 464 g/mol. The van der Waals surface area contributed by atoms with Crippen LogP contribution in [0.25, 0.3) is 20.8 Å². The Labute approximate surface area is 195 Å². The molecule has 32 heavy (non-hydrogen) atoms. The van der Waals surface area contributed by atoms with Gasteiger partial charge in [-0.05, 0) is 68.7 Å². The third-order valence-corrected chi connectivity index (χ3v) is 7.82. The molecule has 0 saturated carbocycles. The monoisotopic (exact) mass is 463 g/mol. The third-order valence-electron chi connectivity index (χ3n) is 5.67. The van der Waals surface area contributed by atoms with Gasteiger partial charge in [0.1, 0.15) is 10.8 Å². The Morgan fingerprint density at radius 3 is 2.81 bits per heavy atom. The highest BCUT2D eigenvalue weighted by molar-refractivity contribution is 8.00. The minimum Gasteiger partial charge on any atom is -0.325 e. The number of amides is 1. The Bertz CT molecular complexity index is 1260. The molecule has 8 heteroatoms. The first-order chi connectivity index (χ1) is 15.6. The number of nitrogens with one attached hydrogen (secondary N) is 1. The van der Waals surface area contributed by atoms with E-state index in [-0.39, 0.29) is 11.2 Å². The van der Waals surface area contributed by atoms with E-state index in [2.05, 4.69) is 45.2 Å². The lowest BCUT2D eigenvalue weighted by atomic mass is 10.2. The van der Waals surface area contributed by atoms with E-state index in [4.69, 9.17) is 4.98 Å². The number of thioether (sulfide) groups is 1. The van der Waals surface area contributed by atoms with Crippen LogP contribution in [0.4, 0.5) is 5.69 Å². The summed E-state index contributed by atoms with van der Waals surface area (Å²) in [5, 5.41) is 13.2. The van der Waals surface area contributed by atoms with Crippen molar-refractivity contribution in [3.8, 4) is 10.6 Å². The molecule has 5 rings (SSSR count). The van der Waals surface area contributed by atoms with E-state index < -0.39 is 0 Å². The molecule has 0 radical (unpaired) electrons. The number of hydrogen-bond acceptors (Lipinski definition) is 6. The number of carbonyl (C=O) groups excluding carboxylic acids is 1. The maximum absolute atomic E-state index is 12.8. The minimum absolute atomic E-state index is 0.0378. The quantitative estimate of drug-likeness (QED) is 0.384. The first-order valence-electron chi connectivity index (χ1n) is 10.9. The molecule has 1 atom stereocenters. The van der Waals surface area contributed by atoms with Crippen molar-refractivity contribution in [1.82, 2.24) is 19.7 Å². The van der Waals surface area contributed by atoms with Gasteiger partial charge in [0.15, 0.2) is 5.16 Å². The summed E-state index contributed by atoms with van der Waals surface area (Å²) in [4.78, 5) is 17.5. The fraction of sp³-hybridized carbons (Fsp3) is 0.333. The maximum Gasteiger partial charge on any atom is 0.237 e. The van der Waals surface area contributed by atoms with Gasteiger partial charge in [0.25, 0.3) is 0 Å². The van der Waals surface area contributed by atoms with Gasteiger partial charge in [0, 0.05) is 24.2 Å². The van der Waals surface area contributed by atoms with E-state index in [0.717, 1.165) is 58.6 Å². The molecule has 0 bridgehead atoms. The Balaban J connectivity index is 1.25. The van der Waals surface area contributed by atoms with Crippen LogP contribution < -0.4 is 5.32 Å². The molecular formula is C24H25N5OS2. The van der Waals surface area contributed by atoms with Gasteiger partial charge in [-0.1, -0.05) is 24.2 Å². The first kappa shape index (κ1) is 21.2. The van der Waals surface area contributed by atoms with Crippen LogP contribution in [0.2, 0.25) is 0 Å². The summed E-state index contributed by atoms with van der Waals surface area (Å²) in [6.45, 7) is 4.94.